The van der Waals surface area contributed by atoms with Crippen LogP contribution in [0.1, 0.15) is 11.1 Å². The summed E-state index contributed by atoms with van der Waals surface area (Å²) in [6.07, 6.45) is 0.667. The van der Waals surface area contributed by atoms with E-state index in [0.29, 0.717) is 29.6 Å². The molecule has 2 rings (SSSR count). The van der Waals surface area contributed by atoms with Gasteiger partial charge in [0.1, 0.15) is 5.75 Å². The first-order valence-electron chi connectivity index (χ1n) is 7.63. The molecule has 0 radical (unpaired) electrons. The van der Waals surface area contributed by atoms with Crippen molar-refractivity contribution in [2.24, 2.45) is 0 Å². The molecule has 0 aliphatic carbocycles. The van der Waals surface area contributed by atoms with E-state index in [-0.39, 0.29) is 12.5 Å². The van der Waals surface area contributed by atoms with E-state index < -0.39 is 0 Å². The molecule has 0 fully saturated rings. The Balaban J connectivity index is 1.66. The fraction of sp³-hybridized carbons (Fsp3) is 0.278. The lowest BCUT2D eigenvalue weighted by Gasteiger charge is -2.08. The van der Waals surface area contributed by atoms with E-state index in [0.717, 1.165) is 16.9 Å². The molecule has 0 aromatic heterocycles. The van der Waals surface area contributed by atoms with E-state index in [1.807, 2.05) is 30.3 Å². The Morgan fingerprint density at radius 1 is 1.12 bits per heavy atom. The first-order chi connectivity index (χ1) is 11.6. The minimum absolute atomic E-state index is 0.0476. The van der Waals surface area contributed by atoms with Gasteiger partial charge in [-0.05, 0) is 41.8 Å². The lowest BCUT2D eigenvalue weighted by atomic mass is 10.1. The number of amides is 1. The van der Waals surface area contributed by atoms with Crippen LogP contribution in [0, 0.1) is 0 Å². The van der Waals surface area contributed by atoms with Crippen LogP contribution in [-0.2, 0) is 17.8 Å². The van der Waals surface area contributed by atoms with Gasteiger partial charge in [-0.3, -0.25) is 4.79 Å². The first-order valence-corrected chi connectivity index (χ1v) is 8.38. The number of methoxy groups -OCH3 is 1. The van der Waals surface area contributed by atoms with E-state index in [2.05, 4.69) is 10.6 Å². The van der Waals surface area contributed by atoms with Crippen LogP contribution in [0.3, 0.4) is 0 Å². The molecule has 0 unspecified atom stereocenters. The minimum atomic E-state index is -0.0476. The molecule has 0 aliphatic rings. The molecule has 24 heavy (non-hydrogen) atoms. The van der Waals surface area contributed by atoms with Gasteiger partial charge in [0.2, 0.25) is 5.91 Å². The average molecular weight is 367 g/mol. The number of nitrogens with one attached hydrogen (secondary N) is 2. The Kier molecular flexibility index (Phi) is 7.37. The van der Waals surface area contributed by atoms with Gasteiger partial charge in [-0.2, -0.15) is 0 Å². The maximum Gasteiger partial charge on any atom is 0.233 e. The van der Waals surface area contributed by atoms with Crippen LogP contribution in [0.25, 0.3) is 0 Å². The molecule has 6 heteroatoms. The molecule has 4 nitrogen and oxygen atoms in total. The van der Waals surface area contributed by atoms with Crippen molar-refractivity contribution in [2.75, 3.05) is 20.2 Å². The highest BCUT2D eigenvalue weighted by Crippen LogP contribution is 2.21. The third-order valence-electron chi connectivity index (χ3n) is 3.51. The molecule has 0 aliphatic heterocycles. The minimum Gasteiger partial charge on any atom is -0.497 e. The molecule has 2 aromatic rings. The average Bonchev–Trinajstić information content (AvgIpc) is 2.57. The monoisotopic (exact) mass is 366 g/mol. The van der Waals surface area contributed by atoms with Crippen molar-refractivity contribution < 1.29 is 9.53 Å². The van der Waals surface area contributed by atoms with Crippen LogP contribution in [0.2, 0.25) is 10.0 Å². The van der Waals surface area contributed by atoms with Crippen LogP contribution in [0.4, 0.5) is 0 Å². The van der Waals surface area contributed by atoms with E-state index in [1.165, 1.54) is 0 Å². The standard InChI is InChI=1S/C18H20Cl2N2O2/c1-24-16-6-2-13(3-7-16)11-21-12-18(23)22-9-8-14-4-5-15(19)10-17(14)20/h2-7,10,21H,8-9,11-12H2,1H3,(H,22,23). The van der Waals surface area contributed by atoms with Crippen molar-refractivity contribution in [3.63, 3.8) is 0 Å². The number of carbonyl (C=O) groups excluding carboxylic acids is 1. The molecule has 0 spiro atoms. The van der Waals surface area contributed by atoms with Crippen molar-refractivity contribution in [2.45, 2.75) is 13.0 Å². The number of hydrogen-bond donors (Lipinski definition) is 2. The van der Waals surface area contributed by atoms with Gasteiger partial charge in [0, 0.05) is 23.1 Å². The Morgan fingerprint density at radius 3 is 2.54 bits per heavy atom. The lowest BCUT2D eigenvalue weighted by Crippen LogP contribution is -2.34. The third kappa shape index (κ3) is 6.04. The van der Waals surface area contributed by atoms with E-state index in [1.54, 1.807) is 19.2 Å². The van der Waals surface area contributed by atoms with E-state index in [9.17, 15) is 4.79 Å². The van der Waals surface area contributed by atoms with Crippen molar-refractivity contribution in [3.05, 3.63) is 63.6 Å². The van der Waals surface area contributed by atoms with E-state index in [4.69, 9.17) is 27.9 Å². The molecular weight excluding hydrogens is 347 g/mol. The molecule has 0 atom stereocenters. The zero-order valence-corrected chi connectivity index (χ0v) is 15.0. The fourth-order valence-corrected chi connectivity index (χ4v) is 2.69. The third-order valence-corrected chi connectivity index (χ3v) is 4.09. The zero-order valence-electron chi connectivity index (χ0n) is 13.4. The summed E-state index contributed by atoms with van der Waals surface area (Å²) in [7, 11) is 1.63. The van der Waals surface area contributed by atoms with Crippen molar-refractivity contribution in [3.8, 4) is 5.75 Å². The van der Waals surface area contributed by atoms with Gasteiger partial charge >= 0.3 is 0 Å². The van der Waals surface area contributed by atoms with Crippen molar-refractivity contribution in [1.82, 2.24) is 10.6 Å². The second kappa shape index (κ2) is 9.52. The maximum absolute atomic E-state index is 11.8. The fourth-order valence-electron chi connectivity index (χ4n) is 2.19. The van der Waals surface area contributed by atoms with Crippen LogP contribution in [0.5, 0.6) is 5.75 Å². The van der Waals surface area contributed by atoms with Crippen LogP contribution < -0.4 is 15.4 Å². The summed E-state index contributed by atoms with van der Waals surface area (Å²) in [5, 5.41) is 7.20. The highest BCUT2D eigenvalue weighted by atomic mass is 35.5. The summed E-state index contributed by atoms with van der Waals surface area (Å²) in [4.78, 5) is 11.8. The topological polar surface area (TPSA) is 50.4 Å². The van der Waals surface area contributed by atoms with Crippen molar-refractivity contribution >= 4 is 29.1 Å². The van der Waals surface area contributed by atoms with Gasteiger partial charge in [0.25, 0.3) is 0 Å². The second-order valence-electron chi connectivity index (χ2n) is 5.29. The molecule has 0 bridgehead atoms. The summed E-state index contributed by atoms with van der Waals surface area (Å²) in [6, 6.07) is 13.1. The predicted molar refractivity (Wildman–Crippen MR) is 97.9 cm³/mol. The largest absolute Gasteiger partial charge is 0.497 e. The number of halogens is 2. The number of hydrogen-bond acceptors (Lipinski definition) is 3. The summed E-state index contributed by atoms with van der Waals surface area (Å²) < 4.78 is 5.11. The quantitative estimate of drug-likeness (QED) is 0.752. The lowest BCUT2D eigenvalue weighted by molar-refractivity contribution is -0.120. The Bertz CT molecular complexity index is 675. The molecule has 128 valence electrons. The number of carbonyl (C=O) groups is 1. The predicted octanol–water partition coefficient (Wildman–Crippen LogP) is 3.45. The van der Waals surface area contributed by atoms with Crippen LogP contribution >= 0.6 is 23.2 Å². The van der Waals surface area contributed by atoms with Gasteiger partial charge in [-0.15, -0.1) is 0 Å². The molecular formula is C18H20Cl2N2O2. The molecule has 2 aromatic carbocycles. The summed E-state index contributed by atoms with van der Waals surface area (Å²) in [6.45, 7) is 1.42. The molecule has 0 saturated carbocycles. The first kappa shape index (κ1) is 18.6. The molecule has 2 N–H and O–H groups in total. The number of ether oxygens (including phenoxy) is 1. The van der Waals surface area contributed by atoms with Gasteiger partial charge in [-0.25, -0.2) is 0 Å². The highest BCUT2D eigenvalue weighted by molar-refractivity contribution is 6.35. The van der Waals surface area contributed by atoms with Gasteiger partial charge < -0.3 is 15.4 Å². The molecule has 0 heterocycles. The molecule has 0 saturated heterocycles. The van der Waals surface area contributed by atoms with Gasteiger partial charge in [-0.1, -0.05) is 41.4 Å². The van der Waals surface area contributed by atoms with Gasteiger partial charge in [0.15, 0.2) is 0 Å². The summed E-state index contributed by atoms with van der Waals surface area (Å²) >= 11 is 12.0. The maximum atomic E-state index is 11.8. The zero-order chi connectivity index (χ0) is 17.4. The van der Waals surface area contributed by atoms with Crippen molar-refractivity contribution in [1.29, 1.82) is 0 Å². The Morgan fingerprint density at radius 2 is 1.88 bits per heavy atom. The van der Waals surface area contributed by atoms with Gasteiger partial charge in [0.05, 0.1) is 13.7 Å². The summed E-state index contributed by atoms with van der Waals surface area (Å²) in [5.74, 6) is 0.769. The number of benzene rings is 2. The Hall–Kier alpha value is -1.75. The Labute approximate surface area is 152 Å². The van der Waals surface area contributed by atoms with Crippen LogP contribution in [0.15, 0.2) is 42.5 Å². The SMILES string of the molecule is COc1ccc(CNCC(=O)NCCc2ccc(Cl)cc2Cl)cc1. The van der Waals surface area contributed by atoms with Crippen LogP contribution in [-0.4, -0.2) is 26.1 Å². The summed E-state index contributed by atoms with van der Waals surface area (Å²) in [5.41, 5.74) is 2.06. The second-order valence-corrected chi connectivity index (χ2v) is 6.13. The van der Waals surface area contributed by atoms with E-state index >= 15 is 0 Å². The smallest absolute Gasteiger partial charge is 0.233 e. The normalized spacial score (nSPS) is 10.5. The molecule has 1 amide bonds. The number of rotatable bonds is 8. The highest BCUT2D eigenvalue weighted by Gasteiger charge is 2.04.